The second-order valence-electron chi connectivity index (χ2n) is 2.93. The number of halogens is 2. The standard InChI is InChI=1S/C10H11BrN2.BrH/c1-8-12-9-4-2-3-5-10(9)13(8)7-6-11;/h2-5,12H,1,6-7H2;1H. The van der Waals surface area contributed by atoms with Crippen LogP contribution in [0.5, 0.6) is 0 Å². The third-order valence-corrected chi connectivity index (χ3v) is 2.46. The highest BCUT2D eigenvalue weighted by Crippen LogP contribution is 2.34. The van der Waals surface area contributed by atoms with Crippen LogP contribution in [0.15, 0.2) is 36.7 Å². The number of nitrogens with one attached hydrogen (secondary N) is 1. The normalized spacial score (nSPS) is 13.2. The van der Waals surface area contributed by atoms with Crippen LogP contribution in [0.2, 0.25) is 0 Å². The topological polar surface area (TPSA) is 15.3 Å². The summed E-state index contributed by atoms with van der Waals surface area (Å²) < 4.78 is 0. The van der Waals surface area contributed by atoms with Gasteiger partial charge in [0.1, 0.15) is 5.82 Å². The quantitative estimate of drug-likeness (QED) is 0.841. The smallest absolute Gasteiger partial charge is 0.103 e. The molecule has 0 saturated heterocycles. The average Bonchev–Trinajstić information content (AvgIpc) is 2.44. The number of rotatable bonds is 2. The van der Waals surface area contributed by atoms with Gasteiger partial charge in [0.15, 0.2) is 0 Å². The van der Waals surface area contributed by atoms with Crippen LogP contribution in [-0.4, -0.2) is 11.9 Å². The van der Waals surface area contributed by atoms with Gasteiger partial charge in [-0.2, -0.15) is 0 Å². The van der Waals surface area contributed by atoms with Crippen molar-refractivity contribution in [1.82, 2.24) is 0 Å². The van der Waals surface area contributed by atoms with Crippen LogP contribution >= 0.6 is 32.9 Å². The van der Waals surface area contributed by atoms with Crippen molar-refractivity contribution >= 4 is 44.3 Å². The Balaban J connectivity index is 0.000000980. The maximum atomic E-state index is 3.96. The third-order valence-electron chi connectivity index (χ3n) is 2.11. The average molecular weight is 320 g/mol. The first-order valence-electron chi connectivity index (χ1n) is 4.21. The molecule has 0 bridgehead atoms. The zero-order chi connectivity index (χ0) is 9.26. The van der Waals surface area contributed by atoms with Crippen molar-refractivity contribution in [2.75, 3.05) is 22.1 Å². The molecule has 0 aromatic heterocycles. The van der Waals surface area contributed by atoms with Crippen LogP contribution in [0.1, 0.15) is 0 Å². The highest BCUT2D eigenvalue weighted by Gasteiger charge is 2.20. The Hall–Kier alpha value is -0.480. The molecule has 1 heterocycles. The van der Waals surface area contributed by atoms with Crippen LogP contribution < -0.4 is 10.2 Å². The fraction of sp³-hybridized carbons (Fsp3) is 0.200. The number of alkyl halides is 1. The minimum absolute atomic E-state index is 0. The summed E-state index contributed by atoms with van der Waals surface area (Å²) in [5.74, 6) is 0.959. The molecule has 1 aromatic carbocycles. The van der Waals surface area contributed by atoms with Gasteiger partial charge in [-0.05, 0) is 12.1 Å². The van der Waals surface area contributed by atoms with Gasteiger partial charge in [-0.15, -0.1) is 17.0 Å². The van der Waals surface area contributed by atoms with Crippen molar-refractivity contribution in [3.05, 3.63) is 36.7 Å². The van der Waals surface area contributed by atoms with E-state index in [4.69, 9.17) is 0 Å². The van der Waals surface area contributed by atoms with Gasteiger partial charge >= 0.3 is 0 Å². The molecule has 0 radical (unpaired) electrons. The molecule has 0 fully saturated rings. The summed E-state index contributed by atoms with van der Waals surface area (Å²) in [5.41, 5.74) is 2.36. The molecule has 1 aromatic rings. The van der Waals surface area contributed by atoms with Crippen LogP contribution in [0.4, 0.5) is 11.4 Å². The van der Waals surface area contributed by atoms with Crippen molar-refractivity contribution in [3.8, 4) is 0 Å². The zero-order valence-corrected chi connectivity index (χ0v) is 11.0. The summed E-state index contributed by atoms with van der Waals surface area (Å²) in [6.07, 6.45) is 0. The van der Waals surface area contributed by atoms with Gasteiger partial charge in [0.05, 0.1) is 11.4 Å². The van der Waals surface area contributed by atoms with Gasteiger partial charge in [0.25, 0.3) is 0 Å². The van der Waals surface area contributed by atoms with Gasteiger partial charge < -0.3 is 10.2 Å². The van der Waals surface area contributed by atoms with Gasteiger partial charge in [0.2, 0.25) is 0 Å². The molecule has 0 atom stereocenters. The predicted molar refractivity (Wildman–Crippen MR) is 70.7 cm³/mol. The van der Waals surface area contributed by atoms with Crippen molar-refractivity contribution < 1.29 is 0 Å². The lowest BCUT2D eigenvalue weighted by molar-refractivity contribution is 1.01. The lowest BCUT2D eigenvalue weighted by Crippen LogP contribution is -2.21. The van der Waals surface area contributed by atoms with E-state index in [0.29, 0.717) is 0 Å². The Morgan fingerprint density at radius 3 is 2.79 bits per heavy atom. The summed E-state index contributed by atoms with van der Waals surface area (Å²) >= 11 is 3.43. The SMILES string of the molecule is Br.C=C1Nc2ccccc2N1CCBr. The van der Waals surface area contributed by atoms with E-state index in [1.165, 1.54) is 5.69 Å². The predicted octanol–water partition coefficient (Wildman–Crippen LogP) is 3.36. The Morgan fingerprint density at radius 2 is 2.07 bits per heavy atom. The largest absolute Gasteiger partial charge is 0.340 e. The third kappa shape index (κ3) is 1.96. The summed E-state index contributed by atoms with van der Waals surface area (Å²) in [6.45, 7) is 4.91. The number of para-hydroxylation sites is 2. The van der Waals surface area contributed by atoms with Gasteiger partial charge in [-0.1, -0.05) is 34.6 Å². The number of hydrogen-bond donors (Lipinski definition) is 1. The van der Waals surface area contributed by atoms with E-state index in [9.17, 15) is 0 Å². The number of fused-ring (bicyclic) bond motifs is 1. The van der Waals surface area contributed by atoms with Crippen molar-refractivity contribution in [2.45, 2.75) is 0 Å². The fourth-order valence-electron chi connectivity index (χ4n) is 1.52. The molecule has 76 valence electrons. The van der Waals surface area contributed by atoms with Crippen molar-refractivity contribution in [3.63, 3.8) is 0 Å². The molecule has 0 amide bonds. The van der Waals surface area contributed by atoms with Crippen LogP contribution in [0.3, 0.4) is 0 Å². The lowest BCUT2D eigenvalue weighted by Gasteiger charge is -2.17. The first-order chi connectivity index (χ1) is 6.33. The summed E-state index contributed by atoms with van der Waals surface area (Å²) in [4.78, 5) is 2.17. The molecule has 2 rings (SSSR count). The summed E-state index contributed by atoms with van der Waals surface area (Å²) in [7, 11) is 0. The van der Waals surface area contributed by atoms with E-state index >= 15 is 0 Å². The van der Waals surface area contributed by atoms with Crippen LogP contribution in [0.25, 0.3) is 0 Å². The molecule has 4 heteroatoms. The summed E-state index contributed by atoms with van der Waals surface area (Å²) in [5, 5.41) is 4.19. The lowest BCUT2D eigenvalue weighted by atomic mass is 10.3. The second kappa shape index (κ2) is 4.84. The van der Waals surface area contributed by atoms with E-state index < -0.39 is 0 Å². The van der Waals surface area contributed by atoms with Crippen LogP contribution in [0, 0.1) is 0 Å². The number of benzene rings is 1. The molecule has 2 nitrogen and oxygen atoms in total. The molecule has 0 unspecified atom stereocenters. The molecule has 0 spiro atoms. The van der Waals surface area contributed by atoms with E-state index in [2.05, 4.69) is 44.9 Å². The van der Waals surface area contributed by atoms with Crippen LogP contribution in [-0.2, 0) is 0 Å². The van der Waals surface area contributed by atoms with Gasteiger partial charge in [0, 0.05) is 11.9 Å². The van der Waals surface area contributed by atoms with Crippen molar-refractivity contribution in [1.29, 1.82) is 0 Å². The minimum Gasteiger partial charge on any atom is -0.340 e. The number of hydrogen-bond acceptors (Lipinski definition) is 2. The van der Waals surface area contributed by atoms with E-state index in [1.54, 1.807) is 0 Å². The molecule has 14 heavy (non-hydrogen) atoms. The molecular formula is C10H12Br2N2. The van der Waals surface area contributed by atoms with Gasteiger partial charge in [-0.3, -0.25) is 0 Å². The minimum atomic E-state index is 0. The second-order valence-corrected chi connectivity index (χ2v) is 3.72. The first kappa shape index (κ1) is 11.6. The number of anilines is 2. The molecule has 1 aliphatic heterocycles. The first-order valence-corrected chi connectivity index (χ1v) is 5.33. The van der Waals surface area contributed by atoms with Crippen molar-refractivity contribution in [2.24, 2.45) is 0 Å². The Morgan fingerprint density at radius 1 is 1.36 bits per heavy atom. The Bertz CT molecular complexity index is 339. The highest BCUT2D eigenvalue weighted by molar-refractivity contribution is 9.09. The maximum absolute atomic E-state index is 3.96. The zero-order valence-electron chi connectivity index (χ0n) is 7.66. The molecule has 1 N–H and O–H groups in total. The maximum Gasteiger partial charge on any atom is 0.103 e. The monoisotopic (exact) mass is 318 g/mol. The molecule has 0 aliphatic carbocycles. The summed E-state index contributed by atoms with van der Waals surface area (Å²) in [6, 6.07) is 8.23. The fourth-order valence-corrected chi connectivity index (χ4v) is 1.88. The highest BCUT2D eigenvalue weighted by atomic mass is 79.9. The van der Waals surface area contributed by atoms with E-state index in [0.717, 1.165) is 23.4 Å². The van der Waals surface area contributed by atoms with E-state index in [-0.39, 0.29) is 17.0 Å². The molecular weight excluding hydrogens is 308 g/mol. The van der Waals surface area contributed by atoms with E-state index in [1.807, 2.05) is 12.1 Å². The Kier molecular flexibility index (Phi) is 4.01. The van der Waals surface area contributed by atoms with Gasteiger partial charge in [-0.25, -0.2) is 0 Å². The molecule has 0 saturated carbocycles. The molecule has 1 aliphatic rings. The Labute approximate surface area is 103 Å². The number of nitrogens with zero attached hydrogens (tertiary/aromatic N) is 1.